The van der Waals surface area contributed by atoms with Crippen molar-refractivity contribution < 1.29 is 18.1 Å². The summed E-state index contributed by atoms with van der Waals surface area (Å²) in [5, 5.41) is 6.31. The molecule has 0 spiro atoms. The molecule has 0 aliphatic rings. The third kappa shape index (κ3) is 3.63. The molecular weight excluding hydrogens is 266 g/mol. The van der Waals surface area contributed by atoms with Gasteiger partial charge in [0.15, 0.2) is 5.69 Å². The minimum atomic E-state index is -0.655. The molecule has 20 heavy (non-hydrogen) atoms. The zero-order chi connectivity index (χ0) is 14.7. The Morgan fingerprint density at radius 3 is 2.50 bits per heavy atom. The lowest BCUT2D eigenvalue weighted by atomic mass is 10.1. The van der Waals surface area contributed by atoms with E-state index in [0.717, 1.165) is 6.07 Å². The SMILES string of the molecule is CC(C)NC(=O)c1cc(Cc2cc(F)cc(F)c2)on1. The molecule has 0 unspecified atom stereocenters. The number of nitrogens with one attached hydrogen (secondary N) is 1. The smallest absolute Gasteiger partial charge is 0.273 e. The highest BCUT2D eigenvalue weighted by Gasteiger charge is 2.14. The lowest BCUT2D eigenvalue weighted by Gasteiger charge is -2.04. The summed E-state index contributed by atoms with van der Waals surface area (Å²) >= 11 is 0. The summed E-state index contributed by atoms with van der Waals surface area (Å²) in [5.41, 5.74) is 0.556. The van der Waals surface area contributed by atoms with Crippen LogP contribution in [0.2, 0.25) is 0 Å². The molecule has 6 heteroatoms. The maximum atomic E-state index is 13.1. The molecule has 1 heterocycles. The van der Waals surface area contributed by atoms with Crippen molar-refractivity contribution in [3.8, 4) is 0 Å². The number of carbonyl (C=O) groups is 1. The second-order valence-electron chi connectivity index (χ2n) is 4.76. The zero-order valence-electron chi connectivity index (χ0n) is 11.1. The van der Waals surface area contributed by atoms with Gasteiger partial charge in [-0.15, -0.1) is 0 Å². The summed E-state index contributed by atoms with van der Waals surface area (Å²) in [6.07, 6.45) is 0.163. The maximum Gasteiger partial charge on any atom is 0.273 e. The predicted molar refractivity (Wildman–Crippen MR) is 68.3 cm³/mol. The van der Waals surface area contributed by atoms with Crippen molar-refractivity contribution in [1.29, 1.82) is 0 Å². The highest BCUT2D eigenvalue weighted by molar-refractivity contribution is 5.92. The second kappa shape index (κ2) is 5.81. The summed E-state index contributed by atoms with van der Waals surface area (Å²) in [4.78, 5) is 11.7. The van der Waals surface area contributed by atoms with Gasteiger partial charge in [0, 0.05) is 24.6 Å². The van der Waals surface area contributed by atoms with Crippen molar-refractivity contribution >= 4 is 5.91 Å². The van der Waals surface area contributed by atoms with Crippen LogP contribution in [0.3, 0.4) is 0 Å². The number of hydrogen-bond acceptors (Lipinski definition) is 3. The molecule has 1 aromatic carbocycles. The lowest BCUT2D eigenvalue weighted by Crippen LogP contribution is -2.30. The normalized spacial score (nSPS) is 10.8. The van der Waals surface area contributed by atoms with Crippen molar-refractivity contribution in [2.24, 2.45) is 0 Å². The largest absolute Gasteiger partial charge is 0.360 e. The number of halogens is 2. The fourth-order valence-corrected chi connectivity index (χ4v) is 1.75. The Morgan fingerprint density at radius 1 is 1.25 bits per heavy atom. The fourth-order valence-electron chi connectivity index (χ4n) is 1.75. The van der Waals surface area contributed by atoms with Gasteiger partial charge in [0.25, 0.3) is 5.91 Å². The number of rotatable bonds is 4. The predicted octanol–water partition coefficient (Wildman–Crippen LogP) is 2.68. The first-order chi connectivity index (χ1) is 9.44. The molecule has 4 nitrogen and oxygen atoms in total. The average molecular weight is 280 g/mol. The van der Waals surface area contributed by atoms with E-state index in [1.165, 1.54) is 18.2 Å². The van der Waals surface area contributed by atoms with Gasteiger partial charge in [-0.1, -0.05) is 5.16 Å². The third-order valence-electron chi connectivity index (χ3n) is 2.51. The van der Waals surface area contributed by atoms with E-state index in [1.807, 2.05) is 13.8 Å². The van der Waals surface area contributed by atoms with Crippen LogP contribution in [-0.2, 0) is 6.42 Å². The summed E-state index contributed by atoms with van der Waals surface area (Å²) in [7, 11) is 0. The molecule has 1 N–H and O–H groups in total. The minimum absolute atomic E-state index is 0.0139. The molecule has 1 aromatic heterocycles. The van der Waals surface area contributed by atoms with Crippen LogP contribution >= 0.6 is 0 Å². The van der Waals surface area contributed by atoms with Crippen LogP contribution in [0.15, 0.2) is 28.8 Å². The van der Waals surface area contributed by atoms with Gasteiger partial charge in [-0.25, -0.2) is 8.78 Å². The Kier molecular flexibility index (Phi) is 4.12. The number of benzene rings is 1. The van der Waals surface area contributed by atoms with Crippen LogP contribution in [0.1, 0.15) is 35.7 Å². The van der Waals surface area contributed by atoms with Crippen molar-refractivity contribution in [2.45, 2.75) is 26.3 Å². The van der Waals surface area contributed by atoms with Crippen LogP contribution in [0.4, 0.5) is 8.78 Å². The number of carbonyl (C=O) groups excluding carboxylic acids is 1. The highest BCUT2D eigenvalue weighted by atomic mass is 19.1. The molecule has 0 aliphatic carbocycles. The molecule has 0 atom stereocenters. The van der Waals surface area contributed by atoms with Gasteiger partial charge >= 0.3 is 0 Å². The van der Waals surface area contributed by atoms with Crippen LogP contribution in [0.25, 0.3) is 0 Å². The first kappa shape index (κ1) is 14.2. The van der Waals surface area contributed by atoms with E-state index in [0.29, 0.717) is 11.3 Å². The van der Waals surface area contributed by atoms with Gasteiger partial charge in [-0.3, -0.25) is 4.79 Å². The molecule has 0 bridgehead atoms. The Bertz CT molecular complexity index is 603. The van der Waals surface area contributed by atoms with Crippen molar-refractivity contribution in [3.05, 3.63) is 52.9 Å². The Morgan fingerprint density at radius 2 is 1.90 bits per heavy atom. The molecular formula is C14H14F2N2O2. The van der Waals surface area contributed by atoms with E-state index in [4.69, 9.17) is 4.52 Å². The van der Waals surface area contributed by atoms with Crippen molar-refractivity contribution in [1.82, 2.24) is 10.5 Å². The third-order valence-corrected chi connectivity index (χ3v) is 2.51. The standard InChI is InChI=1S/C14H14F2N2O2/c1-8(2)17-14(19)13-7-12(20-18-13)5-9-3-10(15)6-11(16)4-9/h3-4,6-8H,5H2,1-2H3,(H,17,19). The zero-order valence-corrected chi connectivity index (χ0v) is 11.1. The van der Waals surface area contributed by atoms with Crippen LogP contribution in [-0.4, -0.2) is 17.1 Å². The number of nitrogens with zero attached hydrogens (tertiary/aromatic N) is 1. The van der Waals surface area contributed by atoms with Gasteiger partial charge in [0.2, 0.25) is 0 Å². The van der Waals surface area contributed by atoms with E-state index >= 15 is 0 Å². The topological polar surface area (TPSA) is 55.1 Å². The molecule has 0 radical (unpaired) electrons. The monoisotopic (exact) mass is 280 g/mol. The van der Waals surface area contributed by atoms with Gasteiger partial charge in [0.05, 0.1) is 0 Å². The van der Waals surface area contributed by atoms with E-state index in [-0.39, 0.29) is 24.1 Å². The second-order valence-corrected chi connectivity index (χ2v) is 4.76. The van der Waals surface area contributed by atoms with Crippen LogP contribution < -0.4 is 5.32 Å². The summed E-state index contributed by atoms with van der Waals surface area (Å²) < 4.78 is 31.1. The van der Waals surface area contributed by atoms with Crippen LogP contribution in [0, 0.1) is 11.6 Å². The van der Waals surface area contributed by atoms with E-state index in [1.54, 1.807) is 0 Å². The number of aromatic nitrogens is 1. The van der Waals surface area contributed by atoms with Crippen LogP contribution in [0.5, 0.6) is 0 Å². The first-order valence-electron chi connectivity index (χ1n) is 6.15. The molecule has 0 fully saturated rings. The fraction of sp³-hybridized carbons (Fsp3) is 0.286. The van der Waals surface area contributed by atoms with Gasteiger partial charge < -0.3 is 9.84 Å². The van der Waals surface area contributed by atoms with Crippen molar-refractivity contribution in [3.63, 3.8) is 0 Å². The number of hydrogen-bond donors (Lipinski definition) is 1. The number of amides is 1. The Hall–Kier alpha value is -2.24. The molecule has 106 valence electrons. The Labute approximate surface area is 114 Å². The molecule has 2 aromatic rings. The quantitative estimate of drug-likeness (QED) is 0.936. The summed E-state index contributed by atoms with van der Waals surface area (Å²) in [6.45, 7) is 3.66. The highest BCUT2D eigenvalue weighted by Crippen LogP contribution is 2.14. The molecule has 0 saturated carbocycles. The minimum Gasteiger partial charge on any atom is -0.360 e. The van der Waals surface area contributed by atoms with Gasteiger partial charge in [-0.2, -0.15) is 0 Å². The molecule has 0 aliphatic heterocycles. The Balaban J connectivity index is 2.11. The average Bonchev–Trinajstić information content (AvgIpc) is 2.75. The van der Waals surface area contributed by atoms with E-state index in [2.05, 4.69) is 10.5 Å². The maximum absolute atomic E-state index is 13.1. The van der Waals surface area contributed by atoms with Gasteiger partial charge in [0.1, 0.15) is 17.4 Å². The van der Waals surface area contributed by atoms with Gasteiger partial charge in [-0.05, 0) is 31.5 Å². The van der Waals surface area contributed by atoms with E-state index < -0.39 is 11.6 Å². The summed E-state index contributed by atoms with van der Waals surface area (Å²) in [6, 6.07) is 4.66. The van der Waals surface area contributed by atoms with E-state index in [9.17, 15) is 13.6 Å². The summed E-state index contributed by atoms with van der Waals surface area (Å²) in [5.74, 6) is -1.29. The molecule has 0 saturated heterocycles. The molecule has 2 rings (SSSR count). The van der Waals surface area contributed by atoms with Crippen molar-refractivity contribution in [2.75, 3.05) is 0 Å². The first-order valence-corrected chi connectivity index (χ1v) is 6.15. The lowest BCUT2D eigenvalue weighted by molar-refractivity contribution is 0.0934. The molecule has 1 amide bonds.